The van der Waals surface area contributed by atoms with E-state index in [-0.39, 0.29) is 11.1 Å². The number of pyridine rings is 1. The van der Waals surface area contributed by atoms with Crippen LogP contribution in [-0.2, 0) is 19.4 Å². The van der Waals surface area contributed by atoms with Gasteiger partial charge < -0.3 is 4.57 Å². The molecule has 1 saturated carbocycles. The molecule has 0 aliphatic heterocycles. The maximum Gasteiger partial charge on any atom is 0.262 e. The summed E-state index contributed by atoms with van der Waals surface area (Å²) in [6.07, 6.45) is 12.8. The lowest BCUT2D eigenvalue weighted by molar-refractivity contribution is 0.107. The Hall–Kier alpha value is -1.09. The summed E-state index contributed by atoms with van der Waals surface area (Å²) in [6.45, 7) is 0.763. The van der Waals surface area contributed by atoms with Gasteiger partial charge in [0.05, 0.1) is 5.56 Å². The monoisotopic (exact) mass is 335 g/mol. The van der Waals surface area contributed by atoms with Gasteiger partial charge in [0.15, 0.2) is 0 Å². The maximum absolute atomic E-state index is 12.8. The maximum atomic E-state index is 12.8. The van der Waals surface area contributed by atoms with Crippen molar-refractivity contribution in [1.82, 2.24) is 4.57 Å². The van der Waals surface area contributed by atoms with Crippen LogP contribution in [0.2, 0.25) is 0 Å². The summed E-state index contributed by atoms with van der Waals surface area (Å²) < 4.78 is 1.91. The third kappa shape index (κ3) is 3.88. The van der Waals surface area contributed by atoms with Crippen molar-refractivity contribution in [3.05, 3.63) is 33.2 Å². The number of carbonyl (C=O) groups is 1. The molecule has 1 fully saturated rings. The van der Waals surface area contributed by atoms with Crippen LogP contribution in [-0.4, -0.2) is 9.81 Å². The number of fused-ring (bicyclic) bond motifs is 1. The topological polar surface area (TPSA) is 39.1 Å². The highest BCUT2D eigenvalue weighted by atomic mass is 35.5. The number of aryl methyl sites for hydroxylation is 1. The van der Waals surface area contributed by atoms with Gasteiger partial charge >= 0.3 is 0 Å². The van der Waals surface area contributed by atoms with Gasteiger partial charge in [-0.05, 0) is 67.7 Å². The number of nitrogens with zero attached hydrogens (tertiary/aromatic N) is 1. The van der Waals surface area contributed by atoms with Gasteiger partial charge in [-0.2, -0.15) is 0 Å². The van der Waals surface area contributed by atoms with Crippen LogP contribution in [0.3, 0.4) is 0 Å². The fourth-order valence-corrected chi connectivity index (χ4v) is 4.33. The van der Waals surface area contributed by atoms with Crippen molar-refractivity contribution in [3.8, 4) is 0 Å². The summed E-state index contributed by atoms with van der Waals surface area (Å²) in [5.41, 5.74) is 2.34. The van der Waals surface area contributed by atoms with E-state index >= 15 is 0 Å². The van der Waals surface area contributed by atoms with Crippen molar-refractivity contribution < 1.29 is 4.79 Å². The van der Waals surface area contributed by atoms with Gasteiger partial charge in [-0.3, -0.25) is 9.59 Å². The first-order valence-electron chi connectivity index (χ1n) is 9.12. The molecule has 4 heteroatoms. The van der Waals surface area contributed by atoms with Crippen molar-refractivity contribution in [2.24, 2.45) is 5.92 Å². The van der Waals surface area contributed by atoms with Gasteiger partial charge in [0.25, 0.3) is 10.8 Å². The fraction of sp³-hybridized carbons (Fsp3) is 0.684. The van der Waals surface area contributed by atoms with Crippen molar-refractivity contribution in [2.75, 3.05) is 0 Å². The highest BCUT2D eigenvalue weighted by Crippen LogP contribution is 2.27. The quantitative estimate of drug-likeness (QED) is 0.765. The van der Waals surface area contributed by atoms with Crippen LogP contribution in [0.1, 0.15) is 79.4 Å². The first kappa shape index (κ1) is 16.8. The Kier molecular flexibility index (Phi) is 5.58. The van der Waals surface area contributed by atoms with Crippen molar-refractivity contribution in [3.63, 3.8) is 0 Å². The molecule has 0 spiro atoms. The van der Waals surface area contributed by atoms with Crippen LogP contribution < -0.4 is 5.56 Å². The normalized spacial score (nSPS) is 19.7. The minimum Gasteiger partial charge on any atom is -0.311 e. The van der Waals surface area contributed by atoms with Crippen LogP contribution in [0, 0.1) is 5.92 Å². The largest absolute Gasteiger partial charge is 0.311 e. The molecule has 0 atom stereocenters. The second kappa shape index (κ2) is 7.65. The van der Waals surface area contributed by atoms with Crippen LogP contribution >= 0.6 is 11.6 Å². The average Bonchev–Trinajstić information content (AvgIpc) is 2.52. The highest BCUT2D eigenvalue weighted by molar-refractivity contribution is 6.67. The lowest BCUT2D eigenvalue weighted by Gasteiger charge is -2.26. The van der Waals surface area contributed by atoms with E-state index in [9.17, 15) is 9.59 Å². The highest BCUT2D eigenvalue weighted by Gasteiger charge is 2.22. The molecule has 0 saturated heterocycles. The number of hydrogen-bond acceptors (Lipinski definition) is 2. The third-order valence-corrected chi connectivity index (χ3v) is 5.68. The molecule has 0 bridgehead atoms. The molecule has 1 aromatic heterocycles. The zero-order chi connectivity index (χ0) is 16.2. The summed E-state index contributed by atoms with van der Waals surface area (Å²) in [5.74, 6) is 0.566. The van der Waals surface area contributed by atoms with Gasteiger partial charge in [0, 0.05) is 12.2 Å². The summed E-state index contributed by atoms with van der Waals surface area (Å²) in [7, 11) is 0. The van der Waals surface area contributed by atoms with Crippen molar-refractivity contribution in [1.29, 1.82) is 0 Å². The smallest absolute Gasteiger partial charge is 0.262 e. The summed E-state index contributed by atoms with van der Waals surface area (Å²) in [4.78, 5) is 24.5. The van der Waals surface area contributed by atoms with E-state index in [1.807, 2.05) is 4.57 Å². The van der Waals surface area contributed by atoms with Gasteiger partial charge in [0.1, 0.15) is 0 Å². The third-order valence-electron chi connectivity index (χ3n) is 5.48. The summed E-state index contributed by atoms with van der Waals surface area (Å²) in [6, 6.07) is 1.77. The number of aromatic nitrogens is 1. The number of halogens is 1. The van der Waals surface area contributed by atoms with Crippen molar-refractivity contribution >= 4 is 16.8 Å². The van der Waals surface area contributed by atoms with E-state index < -0.39 is 5.24 Å². The van der Waals surface area contributed by atoms with E-state index in [4.69, 9.17) is 11.6 Å². The molecule has 0 amide bonds. The molecule has 0 aromatic carbocycles. The van der Waals surface area contributed by atoms with Crippen LogP contribution in [0.15, 0.2) is 10.9 Å². The lowest BCUT2D eigenvalue weighted by Crippen LogP contribution is -2.32. The van der Waals surface area contributed by atoms with E-state index in [2.05, 4.69) is 0 Å². The number of hydrogen-bond donors (Lipinski definition) is 0. The molecule has 2 aliphatic rings. The summed E-state index contributed by atoms with van der Waals surface area (Å²) >= 11 is 5.69. The van der Waals surface area contributed by atoms with E-state index in [0.29, 0.717) is 5.92 Å². The Morgan fingerprint density at radius 2 is 1.70 bits per heavy atom. The predicted molar refractivity (Wildman–Crippen MR) is 93.3 cm³/mol. The average molecular weight is 336 g/mol. The Morgan fingerprint density at radius 1 is 1.04 bits per heavy atom. The number of rotatable bonds is 3. The summed E-state index contributed by atoms with van der Waals surface area (Å²) in [5, 5.41) is -0.614. The Morgan fingerprint density at radius 3 is 2.39 bits per heavy atom. The number of carbonyl (C=O) groups excluding carboxylic acids is 1. The van der Waals surface area contributed by atoms with Crippen LogP contribution in [0.4, 0.5) is 0 Å². The molecule has 0 radical (unpaired) electrons. The second-order valence-electron chi connectivity index (χ2n) is 7.14. The lowest BCUT2D eigenvalue weighted by atomic mass is 9.88. The minimum absolute atomic E-state index is 0.168. The zero-order valence-corrected chi connectivity index (χ0v) is 14.5. The second-order valence-corrected chi connectivity index (χ2v) is 7.48. The molecule has 0 unspecified atom stereocenters. The van der Waals surface area contributed by atoms with E-state index in [1.165, 1.54) is 56.2 Å². The van der Waals surface area contributed by atoms with Gasteiger partial charge in [-0.15, -0.1) is 0 Å². The van der Waals surface area contributed by atoms with Crippen LogP contribution in [0.25, 0.3) is 0 Å². The zero-order valence-electron chi connectivity index (χ0n) is 13.8. The molecule has 23 heavy (non-hydrogen) atoms. The van der Waals surface area contributed by atoms with Crippen LogP contribution in [0.5, 0.6) is 0 Å². The molecule has 1 aromatic rings. The van der Waals surface area contributed by atoms with Gasteiger partial charge in [-0.25, -0.2) is 0 Å². The molecular formula is C19H26ClNO2. The Balaban J connectivity index is 2.02. The molecule has 1 heterocycles. The first-order chi connectivity index (χ1) is 11.2. The van der Waals surface area contributed by atoms with E-state index in [0.717, 1.165) is 32.2 Å². The molecule has 3 nitrogen and oxygen atoms in total. The molecule has 2 aliphatic carbocycles. The van der Waals surface area contributed by atoms with E-state index in [1.54, 1.807) is 6.07 Å². The first-order valence-corrected chi connectivity index (χ1v) is 9.50. The van der Waals surface area contributed by atoms with Gasteiger partial charge in [-0.1, -0.05) is 32.1 Å². The molecule has 126 valence electrons. The Labute approximate surface area is 143 Å². The molecular weight excluding hydrogens is 310 g/mol. The predicted octanol–water partition coefficient (Wildman–Crippen LogP) is 4.47. The minimum atomic E-state index is -0.614. The molecule has 0 N–H and O–H groups in total. The standard InChI is InChI=1S/C19H26ClNO2/c20-18(22)16-12-15-10-6-1-2-7-11-17(15)21(19(16)23)13-14-8-4-3-5-9-14/h12,14H,1-11,13H2. The Bertz CT molecular complexity index is 629. The van der Waals surface area contributed by atoms with Gasteiger partial charge in [0.2, 0.25) is 0 Å². The van der Waals surface area contributed by atoms with Crippen molar-refractivity contribution in [2.45, 2.75) is 77.2 Å². The fourth-order valence-electron chi connectivity index (χ4n) is 4.20. The molecule has 3 rings (SSSR count). The SMILES string of the molecule is O=C(Cl)c1cc2c(n(CC3CCCCC3)c1=O)CCCCCC2.